The number of rotatable bonds is 3. The maximum atomic E-state index is 5.91. The van der Waals surface area contributed by atoms with E-state index in [2.05, 4.69) is 9.97 Å². The first-order valence-corrected chi connectivity index (χ1v) is 5.91. The molecule has 0 saturated heterocycles. The molecule has 0 spiro atoms. The average molecular weight is 252 g/mol. The van der Waals surface area contributed by atoms with Gasteiger partial charge in [-0.2, -0.15) is 0 Å². The number of halogens is 1. The van der Waals surface area contributed by atoms with E-state index in [1.165, 1.54) is 6.33 Å². The normalized spacial score (nSPS) is 10.4. The maximum absolute atomic E-state index is 5.91. The molecule has 5 heteroatoms. The van der Waals surface area contributed by atoms with Crippen molar-refractivity contribution >= 4 is 23.4 Å². The Balaban J connectivity index is 2.28. The Labute approximate surface area is 103 Å². The SMILES string of the molecule is NCc1cc(Cl)ccc1Sc1ccncn1. The van der Waals surface area contributed by atoms with Crippen molar-refractivity contribution in [1.29, 1.82) is 0 Å². The number of aromatic nitrogens is 2. The highest BCUT2D eigenvalue weighted by Crippen LogP contribution is 2.30. The van der Waals surface area contributed by atoms with Crippen LogP contribution in [0, 0.1) is 0 Å². The van der Waals surface area contributed by atoms with E-state index >= 15 is 0 Å². The highest BCUT2D eigenvalue weighted by Gasteiger charge is 2.04. The molecule has 0 radical (unpaired) electrons. The van der Waals surface area contributed by atoms with E-state index in [0.29, 0.717) is 11.6 Å². The first kappa shape index (κ1) is 11.4. The predicted octanol–water partition coefficient (Wildman–Crippen LogP) is 2.74. The second-order valence-electron chi connectivity index (χ2n) is 3.11. The average Bonchev–Trinajstić information content (AvgIpc) is 2.33. The van der Waals surface area contributed by atoms with Gasteiger partial charge in [-0.05, 0) is 29.8 Å². The van der Waals surface area contributed by atoms with Crippen LogP contribution < -0.4 is 5.73 Å². The van der Waals surface area contributed by atoms with Gasteiger partial charge in [0.05, 0.1) is 0 Å². The van der Waals surface area contributed by atoms with E-state index in [1.807, 2.05) is 24.3 Å². The van der Waals surface area contributed by atoms with Gasteiger partial charge in [0.2, 0.25) is 0 Å². The summed E-state index contributed by atoms with van der Waals surface area (Å²) in [4.78, 5) is 9.10. The quantitative estimate of drug-likeness (QED) is 0.853. The summed E-state index contributed by atoms with van der Waals surface area (Å²) in [5.41, 5.74) is 6.69. The molecule has 2 rings (SSSR count). The van der Waals surface area contributed by atoms with Crippen LogP contribution in [-0.4, -0.2) is 9.97 Å². The van der Waals surface area contributed by atoms with Crippen molar-refractivity contribution < 1.29 is 0 Å². The van der Waals surface area contributed by atoms with E-state index < -0.39 is 0 Å². The van der Waals surface area contributed by atoms with Gasteiger partial charge in [0.1, 0.15) is 11.4 Å². The molecule has 0 aliphatic heterocycles. The molecule has 82 valence electrons. The van der Waals surface area contributed by atoms with E-state index in [0.717, 1.165) is 15.5 Å². The Morgan fingerprint density at radius 1 is 1.31 bits per heavy atom. The lowest BCUT2D eigenvalue weighted by molar-refractivity contribution is 1.01. The molecule has 0 aliphatic carbocycles. The van der Waals surface area contributed by atoms with Crippen LogP contribution in [0.5, 0.6) is 0 Å². The Kier molecular flexibility index (Phi) is 3.77. The Hall–Kier alpha value is -1.10. The van der Waals surface area contributed by atoms with Gasteiger partial charge in [0.25, 0.3) is 0 Å². The lowest BCUT2D eigenvalue weighted by Crippen LogP contribution is -1.98. The molecule has 3 nitrogen and oxygen atoms in total. The van der Waals surface area contributed by atoms with Gasteiger partial charge >= 0.3 is 0 Å². The highest BCUT2D eigenvalue weighted by atomic mass is 35.5. The van der Waals surface area contributed by atoms with Crippen molar-refractivity contribution in [2.24, 2.45) is 5.73 Å². The smallest absolute Gasteiger partial charge is 0.116 e. The van der Waals surface area contributed by atoms with E-state index in [-0.39, 0.29) is 0 Å². The van der Waals surface area contributed by atoms with E-state index in [1.54, 1.807) is 18.0 Å². The molecular weight excluding hydrogens is 242 g/mol. The monoisotopic (exact) mass is 251 g/mol. The van der Waals surface area contributed by atoms with Crippen LogP contribution >= 0.6 is 23.4 Å². The Morgan fingerprint density at radius 2 is 2.19 bits per heavy atom. The largest absolute Gasteiger partial charge is 0.326 e. The van der Waals surface area contributed by atoms with Crippen molar-refractivity contribution in [3.8, 4) is 0 Å². The molecule has 0 bridgehead atoms. The third-order valence-corrected chi connectivity index (χ3v) is 3.32. The van der Waals surface area contributed by atoms with Crippen LogP contribution in [0.3, 0.4) is 0 Å². The van der Waals surface area contributed by atoms with Crippen molar-refractivity contribution in [2.45, 2.75) is 16.5 Å². The summed E-state index contributed by atoms with van der Waals surface area (Å²) in [7, 11) is 0. The zero-order valence-corrected chi connectivity index (χ0v) is 10.0. The first-order valence-electron chi connectivity index (χ1n) is 4.72. The summed E-state index contributed by atoms with van der Waals surface area (Å²) in [5.74, 6) is 0. The summed E-state index contributed by atoms with van der Waals surface area (Å²) in [6.07, 6.45) is 3.24. The number of benzene rings is 1. The number of nitrogens with two attached hydrogens (primary N) is 1. The van der Waals surface area contributed by atoms with Crippen LogP contribution in [0.2, 0.25) is 5.02 Å². The summed E-state index contributed by atoms with van der Waals surface area (Å²) < 4.78 is 0. The van der Waals surface area contributed by atoms with Crippen LogP contribution in [0.1, 0.15) is 5.56 Å². The molecule has 2 N–H and O–H groups in total. The predicted molar refractivity (Wildman–Crippen MR) is 65.5 cm³/mol. The lowest BCUT2D eigenvalue weighted by Gasteiger charge is -2.06. The van der Waals surface area contributed by atoms with Gasteiger partial charge < -0.3 is 5.73 Å². The molecule has 0 fully saturated rings. The van der Waals surface area contributed by atoms with Crippen molar-refractivity contribution in [3.63, 3.8) is 0 Å². The molecule has 0 saturated carbocycles. The fourth-order valence-corrected chi connectivity index (χ4v) is 2.32. The molecule has 0 unspecified atom stereocenters. The van der Waals surface area contributed by atoms with Crippen molar-refractivity contribution in [1.82, 2.24) is 9.97 Å². The van der Waals surface area contributed by atoms with Gasteiger partial charge in [-0.15, -0.1) is 0 Å². The molecule has 2 aromatic rings. The number of hydrogen-bond donors (Lipinski definition) is 1. The minimum absolute atomic E-state index is 0.466. The van der Waals surface area contributed by atoms with Gasteiger partial charge in [-0.25, -0.2) is 9.97 Å². The first-order chi connectivity index (χ1) is 7.79. The zero-order chi connectivity index (χ0) is 11.4. The fourth-order valence-electron chi connectivity index (χ4n) is 1.26. The van der Waals surface area contributed by atoms with E-state index in [4.69, 9.17) is 17.3 Å². The minimum Gasteiger partial charge on any atom is -0.326 e. The molecule has 16 heavy (non-hydrogen) atoms. The molecule has 1 aromatic heterocycles. The standard InChI is InChI=1S/C11H10ClN3S/c12-9-1-2-10(8(5-9)6-13)16-11-3-4-14-7-15-11/h1-5,7H,6,13H2. The second kappa shape index (κ2) is 5.30. The van der Waals surface area contributed by atoms with Crippen molar-refractivity contribution in [3.05, 3.63) is 47.4 Å². The van der Waals surface area contributed by atoms with Gasteiger partial charge in [-0.1, -0.05) is 23.4 Å². The zero-order valence-electron chi connectivity index (χ0n) is 8.43. The van der Waals surface area contributed by atoms with E-state index in [9.17, 15) is 0 Å². The number of hydrogen-bond acceptors (Lipinski definition) is 4. The maximum Gasteiger partial charge on any atom is 0.116 e. The third-order valence-electron chi connectivity index (χ3n) is 2.01. The van der Waals surface area contributed by atoms with Crippen LogP contribution in [-0.2, 0) is 6.54 Å². The summed E-state index contributed by atoms with van der Waals surface area (Å²) in [6, 6.07) is 7.55. The Morgan fingerprint density at radius 3 is 2.88 bits per heavy atom. The molecule has 1 heterocycles. The van der Waals surface area contributed by atoms with Crippen LogP contribution in [0.25, 0.3) is 0 Å². The highest BCUT2D eigenvalue weighted by molar-refractivity contribution is 7.99. The summed E-state index contributed by atoms with van der Waals surface area (Å²) in [6.45, 7) is 0.466. The second-order valence-corrected chi connectivity index (χ2v) is 4.60. The van der Waals surface area contributed by atoms with Gasteiger partial charge in [0, 0.05) is 22.7 Å². The van der Waals surface area contributed by atoms with Gasteiger partial charge in [0.15, 0.2) is 0 Å². The van der Waals surface area contributed by atoms with Gasteiger partial charge in [-0.3, -0.25) is 0 Å². The van der Waals surface area contributed by atoms with Crippen LogP contribution in [0.15, 0.2) is 46.7 Å². The molecule has 0 aliphatic rings. The molecule has 0 amide bonds. The summed E-state index contributed by atoms with van der Waals surface area (Å²) >= 11 is 7.47. The fraction of sp³-hybridized carbons (Fsp3) is 0.0909. The molecule has 1 aromatic carbocycles. The molecular formula is C11H10ClN3S. The summed E-state index contributed by atoms with van der Waals surface area (Å²) in [5, 5.41) is 1.60. The van der Waals surface area contributed by atoms with Crippen molar-refractivity contribution in [2.75, 3.05) is 0 Å². The van der Waals surface area contributed by atoms with Crippen LogP contribution in [0.4, 0.5) is 0 Å². The topological polar surface area (TPSA) is 51.8 Å². The number of nitrogens with zero attached hydrogens (tertiary/aromatic N) is 2. The molecule has 0 atom stereocenters. The Bertz CT molecular complexity index is 476. The lowest BCUT2D eigenvalue weighted by atomic mass is 10.2. The minimum atomic E-state index is 0.466. The third kappa shape index (κ3) is 2.72.